The van der Waals surface area contributed by atoms with E-state index in [1.807, 2.05) is 30.1 Å². The molecule has 0 bridgehead atoms. The molecule has 1 fully saturated rings. The number of hydrogen-bond acceptors (Lipinski definition) is 4. The fourth-order valence-corrected chi connectivity index (χ4v) is 4.24. The molecule has 0 radical (unpaired) electrons. The summed E-state index contributed by atoms with van der Waals surface area (Å²) < 4.78 is 0. The van der Waals surface area contributed by atoms with E-state index < -0.39 is 0 Å². The molecule has 2 N–H and O–H groups in total. The Kier molecular flexibility index (Phi) is 5.87. The zero-order valence-corrected chi connectivity index (χ0v) is 13.3. The Morgan fingerprint density at radius 3 is 3.00 bits per heavy atom. The molecular formula is C16H26N2OS. The van der Waals surface area contributed by atoms with E-state index in [0.717, 1.165) is 23.6 Å². The fourth-order valence-electron chi connectivity index (χ4n) is 3.32. The summed E-state index contributed by atoms with van der Waals surface area (Å²) in [6.45, 7) is 4.58. The van der Waals surface area contributed by atoms with Crippen LogP contribution in [0, 0.1) is 5.92 Å². The quantitative estimate of drug-likeness (QED) is 0.759. The van der Waals surface area contributed by atoms with Gasteiger partial charge in [0.25, 0.3) is 0 Å². The predicted octanol–water partition coefficient (Wildman–Crippen LogP) is 3.09. The van der Waals surface area contributed by atoms with Crippen LogP contribution in [0.2, 0.25) is 0 Å². The maximum Gasteiger partial charge on any atom is 0.0959 e. The van der Waals surface area contributed by atoms with Crippen molar-refractivity contribution >= 4 is 11.8 Å². The van der Waals surface area contributed by atoms with E-state index in [2.05, 4.69) is 30.2 Å². The van der Waals surface area contributed by atoms with Crippen molar-refractivity contribution in [1.29, 1.82) is 0 Å². The van der Waals surface area contributed by atoms with Gasteiger partial charge in [-0.2, -0.15) is 0 Å². The third kappa shape index (κ3) is 3.96. The molecule has 2 atom stereocenters. The molecule has 1 heterocycles. The van der Waals surface area contributed by atoms with Gasteiger partial charge >= 0.3 is 0 Å². The number of rotatable bonds is 7. The lowest BCUT2D eigenvalue weighted by molar-refractivity contribution is 0.113. The summed E-state index contributed by atoms with van der Waals surface area (Å²) >= 11 is 1.82. The first kappa shape index (κ1) is 15.8. The molecule has 4 heteroatoms. The number of hydrogen-bond donors (Lipinski definition) is 2. The van der Waals surface area contributed by atoms with Crippen molar-refractivity contribution < 1.29 is 5.11 Å². The van der Waals surface area contributed by atoms with Crippen LogP contribution < -0.4 is 5.32 Å². The minimum atomic E-state index is -0.0567. The fraction of sp³-hybridized carbons (Fsp3) is 0.688. The molecule has 1 aromatic rings. The van der Waals surface area contributed by atoms with Gasteiger partial charge in [-0.25, -0.2) is 4.98 Å². The predicted molar refractivity (Wildman–Crippen MR) is 85.0 cm³/mol. The molecular weight excluding hydrogens is 268 g/mol. The molecule has 0 saturated heterocycles. The van der Waals surface area contributed by atoms with Gasteiger partial charge in [-0.05, 0) is 43.1 Å². The molecule has 2 unspecified atom stereocenters. The van der Waals surface area contributed by atoms with E-state index in [1.54, 1.807) is 0 Å². The molecule has 112 valence electrons. The number of aliphatic hydroxyl groups is 1. The van der Waals surface area contributed by atoms with E-state index in [9.17, 15) is 5.11 Å². The summed E-state index contributed by atoms with van der Waals surface area (Å²) in [5.74, 6) is 1.65. The first-order chi connectivity index (χ1) is 9.66. The van der Waals surface area contributed by atoms with Gasteiger partial charge in [0.15, 0.2) is 0 Å². The molecule has 0 aliphatic heterocycles. The van der Waals surface area contributed by atoms with Crippen LogP contribution in [0.25, 0.3) is 0 Å². The molecule has 1 aliphatic carbocycles. The summed E-state index contributed by atoms with van der Waals surface area (Å²) in [6, 6.07) is 6.46. The molecule has 2 rings (SSSR count). The van der Waals surface area contributed by atoms with Crippen molar-refractivity contribution in [3.63, 3.8) is 0 Å². The molecule has 0 amide bonds. The van der Waals surface area contributed by atoms with Gasteiger partial charge in [-0.1, -0.05) is 26.3 Å². The number of nitrogens with zero attached hydrogens (tertiary/aromatic N) is 1. The lowest BCUT2D eigenvalue weighted by Crippen LogP contribution is -2.54. The Labute approximate surface area is 126 Å². The van der Waals surface area contributed by atoms with Crippen molar-refractivity contribution in [3.05, 3.63) is 24.4 Å². The van der Waals surface area contributed by atoms with Crippen LogP contribution in [0.1, 0.15) is 39.5 Å². The Morgan fingerprint density at radius 2 is 2.35 bits per heavy atom. The van der Waals surface area contributed by atoms with Crippen molar-refractivity contribution in [3.8, 4) is 0 Å². The summed E-state index contributed by atoms with van der Waals surface area (Å²) in [5, 5.41) is 14.6. The van der Waals surface area contributed by atoms with Crippen LogP contribution >= 0.6 is 11.8 Å². The zero-order chi connectivity index (χ0) is 14.4. The summed E-state index contributed by atoms with van der Waals surface area (Å²) in [5.41, 5.74) is -0.0567. The third-order valence-electron chi connectivity index (χ3n) is 4.17. The normalized spacial score (nSPS) is 26.3. The monoisotopic (exact) mass is 294 g/mol. The standard InChI is InChI=1S/C16H26N2OS/c1-13(2)18-16(12-19)9-5-6-14(16)8-11-20-15-7-3-4-10-17-15/h3-4,7,10,13-14,18-19H,5-6,8-9,11-12H2,1-2H3. The van der Waals surface area contributed by atoms with Gasteiger partial charge in [0.05, 0.1) is 11.6 Å². The topological polar surface area (TPSA) is 45.1 Å². The molecule has 0 spiro atoms. The lowest BCUT2D eigenvalue weighted by Gasteiger charge is -2.37. The molecule has 1 saturated carbocycles. The summed E-state index contributed by atoms with van der Waals surface area (Å²) in [7, 11) is 0. The SMILES string of the molecule is CC(C)NC1(CO)CCCC1CCSc1ccccn1. The maximum atomic E-state index is 9.87. The van der Waals surface area contributed by atoms with Crippen LogP contribution in [0.15, 0.2) is 29.4 Å². The molecule has 1 aromatic heterocycles. The highest BCUT2D eigenvalue weighted by Crippen LogP contribution is 2.39. The Balaban J connectivity index is 1.87. The first-order valence-corrected chi connectivity index (χ1v) is 8.57. The molecule has 0 aromatic carbocycles. The summed E-state index contributed by atoms with van der Waals surface area (Å²) in [6.07, 6.45) is 6.53. The third-order valence-corrected chi connectivity index (χ3v) is 5.15. The average Bonchev–Trinajstić information content (AvgIpc) is 2.83. The Morgan fingerprint density at radius 1 is 1.50 bits per heavy atom. The highest BCUT2D eigenvalue weighted by atomic mass is 32.2. The van der Waals surface area contributed by atoms with Crippen molar-refractivity contribution in [1.82, 2.24) is 10.3 Å². The van der Waals surface area contributed by atoms with Crippen LogP contribution in [0.3, 0.4) is 0 Å². The number of pyridine rings is 1. The van der Waals surface area contributed by atoms with Gasteiger partial charge in [0, 0.05) is 17.8 Å². The molecule has 20 heavy (non-hydrogen) atoms. The molecule has 1 aliphatic rings. The second-order valence-corrected chi connectivity index (χ2v) is 7.12. The van der Waals surface area contributed by atoms with Gasteiger partial charge in [0.2, 0.25) is 0 Å². The minimum Gasteiger partial charge on any atom is -0.394 e. The van der Waals surface area contributed by atoms with Crippen molar-refractivity contribution in [2.45, 2.75) is 56.1 Å². The van der Waals surface area contributed by atoms with E-state index >= 15 is 0 Å². The van der Waals surface area contributed by atoms with Crippen molar-refractivity contribution in [2.75, 3.05) is 12.4 Å². The van der Waals surface area contributed by atoms with Crippen molar-refractivity contribution in [2.24, 2.45) is 5.92 Å². The largest absolute Gasteiger partial charge is 0.394 e. The van der Waals surface area contributed by atoms with Gasteiger partial charge < -0.3 is 10.4 Å². The molecule has 3 nitrogen and oxygen atoms in total. The van der Waals surface area contributed by atoms with E-state index in [4.69, 9.17) is 0 Å². The highest BCUT2D eigenvalue weighted by molar-refractivity contribution is 7.99. The number of thioether (sulfide) groups is 1. The van der Waals surface area contributed by atoms with Crippen LogP contribution in [-0.2, 0) is 0 Å². The zero-order valence-electron chi connectivity index (χ0n) is 12.5. The number of nitrogens with one attached hydrogen (secondary N) is 1. The van der Waals surface area contributed by atoms with Gasteiger partial charge in [-0.15, -0.1) is 11.8 Å². The number of aliphatic hydroxyl groups excluding tert-OH is 1. The maximum absolute atomic E-state index is 9.87. The number of aromatic nitrogens is 1. The highest BCUT2D eigenvalue weighted by Gasteiger charge is 2.41. The Bertz CT molecular complexity index is 399. The Hall–Kier alpha value is -0.580. The second kappa shape index (κ2) is 7.43. The van der Waals surface area contributed by atoms with E-state index in [-0.39, 0.29) is 12.1 Å². The first-order valence-electron chi connectivity index (χ1n) is 7.59. The second-order valence-electron chi connectivity index (χ2n) is 6.01. The average molecular weight is 294 g/mol. The van der Waals surface area contributed by atoms with Crippen LogP contribution in [-0.4, -0.2) is 34.0 Å². The van der Waals surface area contributed by atoms with E-state index in [1.165, 1.54) is 12.8 Å². The minimum absolute atomic E-state index is 0.0567. The van der Waals surface area contributed by atoms with Gasteiger partial charge in [-0.3, -0.25) is 0 Å². The van der Waals surface area contributed by atoms with E-state index in [0.29, 0.717) is 12.0 Å². The van der Waals surface area contributed by atoms with Gasteiger partial charge in [0.1, 0.15) is 0 Å². The lowest BCUT2D eigenvalue weighted by atomic mass is 9.85. The smallest absolute Gasteiger partial charge is 0.0959 e. The summed E-state index contributed by atoms with van der Waals surface area (Å²) in [4.78, 5) is 4.35. The van der Waals surface area contributed by atoms with Crippen LogP contribution in [0.4, 0.5) is 0 Å². The van der Waals surface area contributed by atoms with Crippen LogP contribution in [0.5, 0.6) is 0 Å².